The van der Waals surface area contributed by atoms with E-state index in [1.165, 1.54) is 257 Å². The highest BCUT2D eigenvalue weighted by Crippen LogP contribution is 2.45. The molecule has 3 N–H and O–H groups in total. The van der Waals surface area contributed by atoms with Crippen molar-refractivity contribution in [2.75, 3.05) is 39.6 Å². The SMILES string of the molecule is CCCCCCCCCCCCCCCCCCCCCCC(=O)O[C@H](COC(=O)CCCCCCCCCCCCCCCCCC)COP(=O)(O)OC[C@@H](O)COP(=O)(O)OC[C@@H](COC(=O)CCCCCCCCCCC)OC(=O)CCCCCCCCCCCCCCC(C)C. The quantitative estimate of drug-likeness (QED) is 0.0222. The molecule has 0 heterocycles. The van der Waals surface area contributed by atoms with E-state index in [-0.39, 0.29) is 25.7 Å². The average Bonchev–Trinajstić information content (AvgIpc) is 0.934. The Morgan fingerprint density at radius 1 is 0.270 bits per heavy atom. The largest absolute Gasteiger partial charge is 0.472 e. The Morgan fingerprint density at radius 3 is 0.680 bits per heavy atom. The van der Waals surface area contributed by atoms with Crippen LogP contribution in [0.1, 0.15) is 433 Å². The van der Waals surface area contributed by atoms with Gasteiger partial charge >= 0.3 is 39.5 Å². The Labute approximate surface area is 613 Å². The maximum Gasteiger partial charge on any atom is 0.472 e. The van der Waals surface area contributed by atoms with Gasteiger partial charge in [0, 0.05) is 25.7 Å². The smallest absolute Gasteiger partial charge is 0.462 e. The summed E-state index contributed by atoms with van der Waals surface area (Å²) in [6.07, 6.45) is 65.2. The number of aliphatic hydroxyl groups excluding tert-OH is 1. The van der Waals surface area contributed by atoms with Crippen molar-refractivity contribution in [3.63, 3.8) is 0 Å². The number of carbonyl (C=O) groups is 4. The average molecular weight is 1470 g/mol. The second-order valence-corrected chi connectivity index (χ2v) is 32.5. The molecule has 19 heteroatoms. The molecule has 0 aromatic rings. The summed E-state index contributed by atoms with van der Waals surface area (Å²) in [4.78, 5) is 73.0. The molecule has 0 bridgehead atoms. The summed E-state index contributed by atoms with van der Waals surface area (Å²) < 4.78 is 68.7. The van der Waals surface area contributed by atoms with E-state index >= 15 is 0 Å². The number of esters is 4. The van der Waals surface area contributed by atoms with Gasteiger partial charge in [-0.3, -0.25) is 37.3 Å². The highest BCUT2D eigenvalue weighted by Gasteiger charge is 2.30. The van der Waals surface area contributed by atoms with E-state index in [2.05, 4.69) is 34.6 Å². The zero-order valence-corrected chi connectivity index (χ0v) is 67.1. The molecule has 100 heavy (non-hydrogen) atoms. The number of hydrogen-bond acceptors (Lipinski definition) is 15. The Bertz CT molecular complexity index is 1910. The zero-order chi connectivity index (χ0) is 73.4. The first-order valence-electron chi connectivity index (χ1n) is 42.1. The number of phosphoric ester groups is 2. The van der Waals surface area contributed by atoms with Crippen LogP contribution in [0.3, 0.4) is 0 Å². The van der Waals surface area contributed by atoms with Crippen LogP contribution in [0.4, 0.5) is 0 Å². The number of hydrogen-bond donors (Lipinski definition) is 3. The summed E-state index contributed by atoms with van der Waals surface area (Å²) in [6, 6.07) is 0. The highest BCUT2D eigenvalue weighted by molar-refractivity contribution is 7.47. The van der Waals surface area contributed by atoms with Gasteiger partial charge in [-0.1, -0.05) is 381 Å². The predicted octanol–water partition coefficient (Wildman–Crippen LogP) is 24.4. The lowest BCUT2D eigenvalue weighted by molar-refractivity contribution is -0.161. The van der Waals surface area contributed by atoms with Gasteiger partial charge in [0.05, 0.1) is 26.4 Å². The van der Waals surface area contributed by atoms with Crippen LogP contribution in [-0.2, 0) is 65.4 Å². The van der Waals surface area contributed by atoms with Gasteiger partial charge < -0.3 is 33.8 Å². The van der Waals surface area contributed by atoms with Crippen LogP contribution in [0.5, 0.6) is 0 Å². The molecule has 0 aromatic heterocycles. The van der Waals surface area contributed by atoms with Crippen LogP contribution >= 0.6 is 15.6 Å². The number of rotatable bonds is 81. The van der Waals surface area contributed by atoms with E-state index in [0.717, 1.165) is 95.8 Å². The topological polar surface area (TPSA) is 237 Å². The van der Waals surface area contributed by atoms with Gasteiger partial charge in [-0.15, -0.1) is 0 Å². The first-order chi connectivity index (χ1) is 48.5. The molecule has 0 aromatic carbocycles. The van der Waals surface area contributed by atoms with E-state index in [1.807, 2.05) is 0 Å². The van der Waals surface area contributed by atoms with E-state index in [1.54, 1.807) is 0 Å². The molecule has 0 rings (SSSR count). The molecule has 0 aliphatic rings. The Balaban J connectivity index is 5.21. The Kier molecular flexibility index (Phi) is 72.5. The monoisotopic (exact) mass is 1470 g/mol. The standard InChI is InChI=1S/C81H158O17P2/c1-6-9-12-15-18-21-23-25-27-29-30-31-32-34-36-41-46-51-56-61-66-80(85)98-77(71-92-79(84)65-60-55-50-45-40-35-33-28-26-24-22-19-16-13-10-7-2)73-96-100(89,90)94-69-75(82)68-93-99(87,88)95-72-76(70-91-78(83)64-59-54-49-43-20-17-14-11-8-3)97-81(86)67-62-57-52-47-42-38-37-39-44-48-53-58-63-74(4)5/h74-77,82H,6-73H2,1-5H3,(H,87,88)(H,89,90)/t75-,76+,77+/m0/s1. The van der Waals surface area contributed by atoms with Crippen LogP contribution in [0, 0.1) is 5.92 Å². The van der Waals surface area contributed by atoms with Gasteiger partial charge in [-0.25, -0.2) is 9.13 Å². The molecule has 0 spiro atoms. The molecule has 594 valence electrons. The molecular weight excluding hydrogens is 1310 g/mol. The zero-order valence-electron chi connectivity index (χ0n) is 65.3. The van der Waals surface area contributed by atoms with Crippen LogP contribution < -0.4 is 0 Å². The fraction of sp³-hybridized carbons (Fsp3) is 0.951. The van der Waals surface area contributed by atoms with Crippen LogP contribution in [0.15, 0.2) is 0 Å². The number of carbonyl (C=O) groups excluding carboxylic acids is 4. The number of phosphoric acid groups is 2. The van der Waals surface area contributed by atoms with E-state index < -0.39 is 97.5 Å². The lowest BCUT2D eigenvalue weighted by Gasteiger charge is -2.21. The fourth-order valence-electron chi connectivity index (χ4n) is 12.6. The minimum absolute atomic E-state index is 0.107. The van der Waals surface area contributed by atoms with Gasteiger partial charge in [0.15, 0.2) is 12.2 Å². The molecule has 0 aliphatic carbocycles. The maximum atomic E-state index is 13.1. The van der Waals surface area contributed by atoms with Crippen LogP contribution in [0.25, 0.3) is 0 Å². The summed E-state index contributed by atoms with van der Waals surface area (Å²) in [5.41, 5.74) is 0. The first-order valence-corrected chi connectivity index (χ1v) is 45.1. The normalized spacial score (nSPS) is 13.8. The molecule has 0 saturated heterocycles. The van der Waals surface area contributed by atoms with Crippen molar-refractivity contribution in [2.45, 2.75) is 451 Å². The molecule has 0 saturated carbocycles. The van der Waals surface area contributed by atoms with Gasteiger partial charge in [0.1, 0.15) is 19.3 Å². The second-order valence-electron chi connectivity index (χ2n) is 29.6. The van der Waals surface area contributed by atoms with Crippen molar-refractivity contribution < 1.29 is 80.2 Å². The molecule has 0 fully saturated rings. The molecule has 2 unspecified atom stereocenters. The third-order valence-corrected chi connectivity index (χ3v) is 20.9. The Morgan fingerprint density at radius 2 is 0.460 bits per heavy atom. The van der Waals surface area contributed by atoms with Crippen LogP contribution in [0.2, 0.25) is 0 Å². The van der Waals surface area contributed by atoms with Crippen molar-refractivity contribution in [3.8, 4) is 0 Å². The second kappa shape index (κ2) is 73.9. The third-order valence-electron chi connectivity index (χ3n) is 19.0. The minimum atomic E-state index is -4.96. The summed E-state index contributed by atoms with van der Waals surface area (Å²) in [6.45, 7) is 7.33. The molecule has 5 atom stereocenters. The number of ether oxygens (including phenoxy) is 4. The maximum absolute atomic E-state index is 13.1. The van der Waals surface area contributed by atoms with Crippen molar-refractivity contribution >= 4 is 39.5 Å². The van der Waals surface area contributed by atoms with Crippen molar-refractivity contribution in [3.05, 3.63) is 0 Å². The van der Waals surface area contributed by atoms with Crippen molar-refractivity contribution in [2.24, 2.45) is 5.92 Å². The Hall–Kier alpha value is -1.94. The molecule has 0 radical (unpaired) electrons. The summed E-state index contributed by atoms with van der Waals surface area (Å²) in [5.74, 6) is -1.33. The lowest BCUT2D eigenvalue weighted by Crippen LogP contribution is -2.30. The highest BCUT2D eigenvalue weighted by atomic mass is 31.2. The molecule has 0 aliphatic heterocycles. The van der Waals surface area contributed by atoms with Gasteiger partial charge in [-0.2, -0.15) is 0 Å². The predicted molar refractivity (Wildman–Crippen MR) is 409 cm³/mol. The van der Waals surface area contributed by atoms with Gasteiger partial charge in [0.25, 0.3) is 0 Å². The fourth-order valence-corrected chi connectivity index (χ4v) is 14.2. The first kappa shape index (κ1) is 98.1. The van der Waals surface area contributed by atoms with Crippen molar-refractivity contribution in [1.29, 1.82) is 0 Å². The number of unbranched alkanes of at least 4 members (excludes halogenated alkanes) is 53. The summed E-state index contributed by atoms with van der Waals surface area (Å²) >= 11 is 0. The summed E-state index contributed by atoms with van der Waals surface area (Å²) in [7, 11) is -9.92. The third kappa shape index (κ3) is 74.3. The van der Waals surface area contributed by atoms with Crippen LogP contribution in [-0.4, -0.2) is 96.7 Å². The number of aliphatic hydroxyl groups is 1. The van der Waals surface area contributed by atoms with Gasteiger partial charge in [0.2, 0.25) is 0 Å². The summed E-state index contributed by atoms with van der Waals surface area (Å²) in [5, 5.41) is 10.6. The molecule has 0 amide bonds. The molecule has 17 nitrogen and oxygen atoms in total. The molecular formula is C81H158O17P2. The van der Waals surface area contributed by atoms with E-state index in [0.29, 0.717) is 25.7 Å². The lowest BCUT2D eigenvalue weighted by atomic mass is 10.0. The van der Waals surface area contributed by atoms with Gasteiger partial charge in [-0.05, 0) is 31.6 Å². The van der Waals surface area contributed by atoms with Crippen molar-refractivity contribution in [1.82, 2.24) is 0 Å². The van der Waals surface area contributed by atoms with E-state index in [4.69, 9.17) is 37.0 Å². The minimum Gasteiger partial charge on any atom is -0.462 e. The van der Waals surface area contributed by atoms with E-state index in [9.17, 15) is 43.2 Å².